The molecule has 0 bridgehead atoms. The maximum absolute atomic E-state index is 11.4. The van der Waals surface area contributed by atoms with E-state index < -0.39 is 24.1 Å². The molecule has 2 rings (SSSR count). The lowest BCUT2D eigenvalue weighted by atomic mass is 10.3. The number of ether oxygens (including phenoxy) is 3. The molecule has 1 aliphatic heterocycles. The second-order valence-electron chi connectivity index (χ2n) is 4.11. The van der Waals surface area contributed by atoms with Crippen LogP contribution in [0.15, 0.2) is 42.5 Å². The van der Waals surface area contributed by atoms with Gasteiger partial charge in [-0.15, -0.1) is 0 Å². The van der Waals surface area contributed by atoms with Gasteiger partial charge in [0.05, 0.1) is 6.54 Å². The van der Waals surface area contributed by atoms with Crippen LogP contribution in [0.3, 0.4) is 0 Å². The zero-order valence-corrected chi connectivity index (χ0v) is 11.0. The Bertz CT molecular complexity index is 554. The number of amides is 1. The van der Waals surface area contributed by atoms with Gasteiger partial charge in [-0.3, -0.25) is 0 Å². The Kier molecular flexibility index (Phi) is 4.92. The van der Waals surface area contributed by atoms with Gasteiger partial charge in [-0.1, -0.05) is 18.2 Å². The Morgan fingerprint density at radius 1 is 1.24 bits per heavy atom. The first-order chi connectivity index (χ1) is 10.1. The molecule has 1 amide bonds. The molecule has 7 nitrogen and oxygen atoms in total. The van der Waals surface area contributed by atoms with Crippen molar-refractivity contribution in [2.24, 2.45) is 0 Å². The molecule has 1 saturated heterocycles. The number of hydrogen-bond donors (Lipinski definition) is 1. The predicted octanol–water partition coefficient (Wildman–Crippen LogP) is 0.800. The average Bonchev–Trinajstić information content (AvgIpc) is 2.90. The van der Waals surface area contributed by atoms with Crippen molar-refractivity contribution in [3.8, 4) is 5.75 Å². The van der Waals surface area contributed by atoms with Crippen LogP contribution in [0.1, 0.15) is 0 Å². The molecule has 1 heterocycles. The van der Waals surface area contributed by atoms with Crippen LogP contribution in [-0.2, 0) is 19.1 Å². The number of benzene rings is 1. The highest BCUT2D eigenvalue weighted by Gasteiger charge is 2.23. The first-order valence-corrected chi connectivity index (χ1v) is 6.19. The van der Waals surface area contributed by atoms with Crippen LogP contribution in [0, 0.1) is 0 Å². The van der Waals surface area contributed by atoms with Gasteiger partial charge in [0.15, 0.2) is 6.10 Å². The van der Waals surface area contributed by atoms with Crippen molar-refractivity contribution in [1.82, 2.24) is 5.32 Å². The Morgan fingerprint density at radius 2 is 1.95 bits per heavy atom. The molecule has 0 radical (unpaired) electrons. The van der Waals surface area contributed by atoms with Gasteiger partial charge in [-0.25, -0.2) is 14.4 Å². The lowest BCUT2D eigenvalue weighted by Gasteiger charge is -2.06. The molecule has 1 unspecified atom stereocenters. The second-order valence-corrected chi connectivity index (χ2v) is 4.11. The monoisotopic (exact) mass is 291 g/mol. The molecule has 21 heavy (non-hydrogen) atoms. The Balaban J connectivity index is 1.71. The number of alkyl carbamates (subject to hydrolysis) is 1. The molecule has 110 valence electrons. The molecule has 0 aliphatic carbocycles. The van der Waals surface area contributed by atoms with E-state index >= 15 is 0 Å². The number of hydrogen-bond acceptors (Lipinski definition) is 6. The third-order valence-corrected chi connectivity index (χ3v) is 2.48. The van der Waals surface area contributed by atoms with Gasteiger partial charge in [-0.2, -0.15) is 0 Å². The van der Waals surface area contributed by atoms with Crippen molar-refractivity contribution in [3.63, 3.8) is 0 Å². The summed E-state index contributed by atoms with van der Waals surface area (Å²) in [6, 6.07) is 8.46. The number of carbonyl (C=O) groups excluding carboxylic acids is 3. The fourth-order valence-electron chi connectivity index (χ4n) is 1.52. The van der Waals surface area contributed by atoms with Crippen LogP contribution in [0.25, 0.3) is 0 Å². The fourth-order valence-corrected chi connectivity index (χ4v) is 1.52. The minimum Gasteiger partial charge on any atom is -0.459 e. The third kappa shape index (κ3) is 4.98. The van der Waals surface area contributed by atoms with E-state index in [-0.39, 0.29) is 13.2 Å². The molecule has 1 aromatic rings. The van der Waals surface area contributed by atoms with Crippen LogP contribution in [-0.4, -0.2) is 37.3 Å². The van der Waals surface area contributed by atoms with E-state index in [1.165, 1.54) is 0 Å². The molecule has 1 aromatic carbocycles. The molecular weight excluding hydrogens is 278 g/mol. The number of nitrogens with one attached hydrogen (secondary N) is 1. The normalized spacial score (nSPS) is 17.1. The Hall–Kier alpha value is -2.83. The molecule has 0 spiro atoms. The molecule has 1 fully saturated rings. The molecule has 0 aromatic heterocycles. The summed E-state index contributed by atoms with van der Waals surface area (Å²) in [5.41, 5.74) is 0. The van der Waals surface area contributed by atoms with Crippen molar-refractivity contribution in [2.75, 3.05) is 13.2 Å². The minimum atomic E-state index is -0.719. The number of cyclic esters (lactones) is 1. The van der Waals surface area contributed by atoms with Crippen LogP contribution in [0.4, 0.5) is 4.79 Å². The predicted molar refractivity (Wildman–Crippen MR) is 70.4 cm³/mol. The van der Waals surface area contributed by atoms with Crippen molar-refractivity contribution in [3.05, 3.63) is 42.5 Å². The summed E-state index contributed by atoms with van der Waals surface area (Å²) in [4.78, 5) is 33.5. The largest absolute Gasteiger partial charge is 0.459 e. The average molecular weight is 291 g/mol. The quantitative estimate of drug-likeness (QED) is 0.490. The first kappa shape index (κ1) is 14.6. The molecule has 0 saturated carbocycles. The summed E-state index contributed by atoms with van der Waals surface area (Å²) in [6.45, 7) is 0.210. The van der Waals surface area contributed by atoms with Gasteiger partial charge in [0, 0.05) is 12.2 Å². The topological polar surface area (TPSA) is 90.9 Å². The van der Waals surface area contributed by atoms with E-state index in [9.17, 15) is 14.4 Å². The van der Waals surface area contributed by atoms with Gasteiger partial charge in [-0.05, 0) is 12.1 Å². The van der Waals surface area contributed by atoms with Gasteiger partial charge in [0.1, 0.15) is 12.4 Å². The van der Waals surface area contributed by atoms with Gasteiger partial charge >= 0.3 is 18.0 Å². The SMILES string of the molecule is O=C(/C=C/C(=O)Oc1ccccc1)OCC1CNC(=O)O1. The van der Waals surface area contributed by atoms with E-state index in [2.05, 4.69) is 5.32 Å². The number of rotatable bonds is 5. The first-order valence-electron chi connectivity index (χ1n) is 6.19. The zero-order valence-electron chi connectivity index (χ0n) is 11.0. The van der Waals surface area contributed by atoms with Crippen molar-refractivity contribution >= 4 is 18.0 Å². The Morgan fingerprint density at radius 3 is 2.62 bits per heavy atom. The van der Waals surface area contributed by atoms with Gasteiger partial charge in [0.2, 0.25) is 0 Å². The number of para-hydroxylation sites is 1. The summed E-state index contributed by atoms with van der Waals surface area (Å²) in [5, 5.41) is 2.43. The van der Waals surface area contributed by atoms with Crippen LogP contribution >= 0.6 is 0 Å². The summed E-state index contributed by atoms with van der Waals surface area (Å²) in [5.74, 6) is -1.03. The van der Waals surface area contributed by atoms with E-state index in [1.54, 1.807) is 30.3 Å². The smallest absolute Gasteiger partial charge is 0.407 e. The molecule has 1 N–H and O–H groups in total. The standard InChI is InChI=1S/C14H13NO6/c16-12(19-9-11-8-15-14(18)21-11)6-7-13(17)20-10-4-2-1-3-5-10/h1-7,11H,8-9H2,(H,15,18)/b7-6+. The van der Waals surface area contributed by atoms with Crippen LogP contribution in [0.5, 0.6) is 5.75 Å². The third-order valence-electron chi connectivity index (χ3n) is 2.48. The van der Waals surface area contributed by atoms with Crippen LogP contribution < -0.4 is 10.1 Å². The summed E-state index contributed by atoms with van der Waals surface area (Å²) in [7, 11) is 0. The number of esters is 2. The molecular formula is C14H13NO6. The van der Waals surface area contributed by atoms with Crippen molar-refractivity contribution in [2.45, 2.75) is 6.10 Å². The Labute approximate surface area is 120 Å². The lowest BCUT2D eigenvalue weighted by Crippen LogP contribution is -2.21. The summed E-state index contributed by atoms with van der Waals surface area (Å²) in [6.07, 6.45) is 0.869. The van der Waals surface area contributed by atoms with Crippen molar-refractivity contribution in [1.29, 1.82) is 0 Å². The molecule has 1 atom stereocenters. The lowest BCUT2D eigenvalue weighted by molar-refractivity contribution is -0.140. The maximum Gasteiger partial charge on any atom is 0.407 e. The number of carbonyl (C=O) groups is 3. The van der Waals surface area contributed by atoms with E-state index in [1.807, 2.05) is 0 Å². The van der Waals surface area contributed by atoms with Gasteiger partial charge in [0.25, 0.3) is 0 Å². The maximum atomic E-state index is 11.4. The summed E-state index contributed by atoms with van der Waals surface area (Å²) < 4.78 is 14.5. The van der Waals surface area contributed by atoms with Crippen molar-refractivity contribution < 1.29 is 28.6 Å². The van der Waals surface area contributed by atoms with Crippen LogP contribution in [0.2, 0.25) is 0 Å². The van der Waals surface area contributed by atoms with E-state index in [0.29, 0.717) is 5.75 Å². The zero-order chi connectivity index (χ0) is 15.1. The highest BCUT2D eigenvalue weighted by atomic mass is 16.6. The van der Waals surface area contributed by atoms with Gasteiger partial charge < -0.3 is 19.5 Å². The molecule has 7 heteroatoms. The minimum absolute atomic E-state index is 0.0738. The highest BCUT2D eigenvalue weighted by Crippen LogP contribution is 2.08. The summed E-state index contributed by atoms with van der Waals surface area (Å²) >= 11 is 0. The highest BCUT2D eigenvalue weighted by molar-refractivity contribution is 5.92. The van der Waals surface area contributed by atoms with E-state index in [4.69, 9.17) is 14.2 Å². The molecule has 1 aliphatic rings. The second kappa shape index (κ2) is 7.09. The fraction of sp³-hybridized carbons (Fsp3) is 0.214. The van der Waals surface area contributed by atoms with E-state index in [0.717, 1.165) is 12.2 Å².